The van der Waals surface area contributed by atoms with Crippen molar-refractivity contribution in [3.8, 4) is 11.1 Å². The number of carboxylic acids is 1. The first-order valence-electron chi connectivity index (χ1n) is 10.9. The number of hydrogen-bond donors (Lipinski definition) is 3. The number of nitrogens with zero attached hydrogens (tertiary/aromatic N) is 2. The quantitative estimate of drug-likeness (QED) is 0.491. The van der Waals surface area contributed by atoms with Gasteiger partial charge in [0.2, 0.25) is 5.91 Å². The van der Waals surface area contributed by atoms with Crippen molar-refractivity contribution < 1.29 is 24.2 Å². The van der Waals surface area contributed by atoms with Gasteiger partial charge in [0, 0.05) is 19.2 Å². The minimum absolute atomic E-state index is 0.0500. The Balaban J connectivity index is 1.45. The van der Waals surface area contributed by atoms with E-state index in [4.69, 9.17) is 4.74 Å². The van der Waals surface area contributed by atoms with Gasteiger partial charge in [0.25, 0.3) is 0 Å². The van der Waals surface area contributed by atoms with Crippen LogP contribution in [0.1, 0.15) is 47.8 Å². The monoisotopic (exact) mass is 462 g/mol. The summed E-state index contributed by atoms with van der Waals surface area (Å²) < 4.78 is 6.86. The van der Waals surface area contributed by atoms with E-state index in [-0.39, 0.29) is 30.3 Å². The number of carbonyl (C=O) groups is 3. The molecule has 1 unspecified atom stereocenters. The Hall–Kier alpha value is -4.14. The van der Waals surface area contributed by atoms with Crippen LogP contribution in [0.2, 0.25) is 0 Å². The summed E-state index contributed by atoms with van der Waals surface area (Å²) in [5.41, 5.74) is 2.86. The van der Waals surface area contributed by atoms with E-state index in [1.54, 1.807) is 20.9 Å². The van der Waals surface area contributed by atoms with Crippen molar-refractivity contribution in [2.45, 2.75) is 31.7 Å². The molecule has 0 radical (unpaired) electrons. The molecule has 2 aromatic carbocycles. The van der Waals surface area contributed by atoms with Crippen LogP contribution in [-0.2, 0) is 16.6 Å². The molecule has 176 valence electrons. The van der Waals surface area contributed by atoms with E-state index in [2.05, 4.69) is 27.9 Å². The number of aromatic nitrogens is 2. The number of nitrogens with one attached hydrogen (secondary N) is 2. The largest absolute Gasteiger partial charge is 0.476 e. The average Bonchev–Trinajstić information content (AvgIpc) is 3.35. The molecule has 3 N–H and O–H groups in total. The second-order valence-corrected chi connectivity index (χ2v) is 8.46. The van der Waals surface area contributed by atoms with Gasteiger partial charge in [-0.05, 0) is 35.6 Å². The van der Waals surface area contributed by atoms with E-state index in [1.165, 1.54) is 10.9 Å². The van der Waals surface area contributed by atoms with Crippen molar-refractivity contribution in [1.29, 1.82) is 0 Å². The number of aromatic carboxylic acids is 1. The van der Waals surface area contributed by atoms with Crippen LogP contribution < -0.4 is 10.6 Å². The highest BCUT2D eigenvalue weighted by atomic mass is 16.5. The molecule has 2 amide bonds. The third-order valence-corrected chi connectivity index (χ3v) is 6.21. The molecule has 34 heavy (non-hydrogen) atoms. The van der Waals surface area contributed by atoms with Crippen molar-refractivity contribution in [2.75, 3.05) is 11.9 Å². The molecule has 0 bridgehead atoms. The van der Waals surface area contributed by atoms with Crippen molar-refractivity contribution in [2.24, 2.45) is 7.05 Å². The molecule has 0 saturated heterocycles. The first-order valence-corrected chi connectivity index (χ1v) is 10.9. The number of carboxylic acid groups (broad SMARTS) is 1. The SMILES string of the molecule is CCC(C)(NC(=O)OCC1c2ccccc2-c2ccccc21)C(=O)Nc1cn(C)nc1C(=O)O. The maximum atomic E-state index is 13.0. The molecule has 1 aromatic heterocycles. The number of alkyl carbamates (subject to hydrolysis) is 1. The standard InChI is InChI=1S/C25H26N4O5/c1-4-25(2,23(32)26-20-13-29(3)28-21(20)22(30)31)27-24(33)34-14-19-17-11-7-5-9-15(17)16-10-6-8-12-18(16)19/h5-13,19H,4,14H2,1-3H3,(H,26,32)(H,27,33)(H,30,31). The normalized spacial score (nSPS) is 14.0. The Morgan fingerprint density at radius 1 is 1.09 bits per heavy atom. The lowest BCUT2D eigenvalue weighted by atomic mass is 9.97. The predicted octanol–water partition coefficient (Wildman–Crippen LogP) is 3.76. The number of fused-ring (bicyclic) bond motifs is 3. The lowest BCUT2D eigenvalue weighted by Crippen LogP contribution is -2.54. The van der Waals surface area contributed by atoms with E-state index in [9.17, 15) is 19.5 Å². The zero-order valence-electron chi connectivity index (χ0n) is 19.2. The van der Waals surface area contributed by atoms with Gasteiger partial charge < -0.3 is 20.5 Å². The molecule has 1 heterocycles. The lowest BCUT2D eigenvalue weighted by molar-refractivity contribution is -0.121. The summed E-state index contributed by atoms with van der Waals surface area (Å²) in [5.74, 6) is -1.94. The lowest BCUT2D eigenvalue weighted by Gasteiger charge is -2.28. The summed E-state index contributed by atoms with van der Waals surface area (Å²) in [6.45, 7) is 3.41. The van der Waals surface area contributed by atoms with Crippen molar-refractivity contribution in [3.05, 3.63) is 71.5 Å². The van der Waals surface area contributed by atoms with Crippen LogP contribution in [0.15, 0.2) is 54.7 Å². The smallest absolute Gasteiger partial charge is 0.408 e. The molecule has 0 saturated carbocycles. The molecular weight excluding hydrogens is 436 g/mol. The number of carbonyl (C=O) groups excluding carboxylic acids is 2. The Morgan fingerprint density at radius 2 is 1.68 bits per heavy atom. The summed E-state index contributed by atoms with van der Waals surface area (Å²) >= 11 is 0. The van der Waals surface area contributed by atoms with E-state index in [0.29, 0.717) is 0 Å². The molecule has 9 heteroatoms. The second kappa shape index (κ2) is 9.01. The topological polar surface area (TPSA) is 123 Å². The fourth-order valence-corrected chi connectivity index (χ4v) is 4.16. The zero-order valence-corrected chi connectivity index (χ0v) is 19.2. The Kier molecular flexibility index (Phi) is 6.10. The minimum Gasteiger partial charge on any atom is -0.476 e. The Morgan fingerprint density at radius 3 is 2.24 bits per heavy atom. The highest BCUT2D eigenvalue weighted by molar-refractivity contribution is 6.03. The van der Waals surface area contributed by atoms with Crippen LogP contribution in [0.25, 0.3) is 11.1 Å². The predicted molar refractivity (Wildman–Crippen MR) is 126 cm³/mol. The molecule has 3 aromatic rings. The summed E-state index contributed by atoms with van der Waals surface area (Å²) in [5, 5.41) is 18.3. The van der Waals surface area contributed by atoms with Gasteiger partial charge in [-0.3, -0.25) is 9.48 Å². The number of ether oxygens (including phenoxy) is 1. The number of rotatable bonds is 7. The summed E-state index contributed by atoms with van der Waals surface area (Å²) in [6, 6.07) is 16.0. The summed E-state index contributed by atoms with van der Waals surface area (Å²) in [6.07, 6.45) is 0.919. The maximum absolute atomic E-state index is 13.0. The van der Waals surface area contributed by atoms with Crippen LogP contribution in [0.3, 0.4) is 0 Å². The van der Waals surface area contributed by atoms with Gasteiger partial charge in [-0.25, -0.2) is 9.59 Å². The van der Waals surface area contributed by atoms with Crippen LogP contribution in [-0.4, -0.2) is 45.0 Å². The van der Waals surface area contributed by atoms with Crippen molar-refractivity contribution in [1.82, 2.24) is 15.1 Å². The fourth-order valence-electron chi connectivity index (χ4n) is 4.16. The van der Waals surface area contributed by atoms with Gasteiger partial charge in [0.05, 0.1) is 5.69 Å². The van der Waals surface area contributed by atoms with Crippen LogP contribution >= 0.6 is 0 Å². The second-order valence-electron chi connectivity index (χ2n) is 8.46. The first kappa shape index (κ1) is 23.0. The highest BCUT2D eigenvalue weighted by Gasteiger charge is 2.36. The van der Waals surface area contributed by atoms with Gasteiger partial charge >= 0.3 is 12.1 Å². The molecule has 1 aliphatic carbocycles. The Labute approximate surface area is 196 Å². The highest BCUT2D eigenvalue weighted by Crippen LogP contribution is 2.44. The molecule has 9 nitrogen and oxygen atoms in total. The molecule has 0 fully saturated rings. The van der Waals surface area contributed by atoms with Gasteiger partial charge in [-0.1, -0.05) is 55.5 Å². The molecule has 0 spiro atoms. The fraction of sp³-hybridized carbons (Fsp3) is 0.280. The van der Waals surface area contributed by atoms with Gasteiger partial charge in [0.15, 0.2) is 5.69 Å². The van der Waals surface area contributed by atoms with E-state index < -0.39 is 23.5 Å². The van der Waals surface area contributed by atoms with Gasteiger partial charge in [-0.2, -0.15) is 5.10 Å². The van der Waals surface area contributed by atoms with Crippen molar-refractivity contribution >= 4 is 23.7 Å². The number of aryl methyl sites for hydroxylation is 1. The van der Waals surface area contributed by atoms with Crippen LogP contribution in [0, 0.1) is 0 Å². The van der Waals surface area contributed by atoms with Crippen LogP contribution in [0.4, 0.5) is 10.5 Å². The molecular formula is C25H26N4O5. The average molecular weight is 463 g/mol. The van der Waals surface area contributed by atoms with Crippen molar-refractivity contribution in [3.63, 3.8) is 0 Å². The third-order valence-electron chi connectivity index (χ3n) is 6.21. The number of benzene rings is 2. The van der Waals surface area contributed by atoms with E-state index in [1.807, 2.05) is 36.4 Å². The first-order chi connectivity index (χ1) is 16.2. The van der Waals surface area contributed by atoms with E-state index >= 15 is 0 Å². The molecule has 0 aliphatic heterocycles. The molecule has 1 aliphatic rings. The zero-order chi connectivity index (χ0) is 24.5. The minimum atomic E-state index is -1.33. The Bertz CT molecular complexity index is 1220. The number of amides is 2. The number of hydrogen-bond acceptors (Lipinski definition) is 5. The van der Waals surface area contributed by atoms with Gasteiger partial charge in [-0.15, -0.1) is 0 Å². The molecule has 4 rings (SSSR count). The van der Waals surface area contributed by atoms with Gasteiger partial charge in [0.1, 0.15) is 12.1 Å². The third kappa shape index (κ3) is 4.24. The summed E-state index contributed by atoms with van der Waals surface area (Å²) in [4.78, 5) is 37.1. The van der Waals surface area contributed by atoms with Crippen LogP contribution in [0.5, 0.6) is 0 Å². The maximum Gasteiger partial charge on any atom is 0.408 e. The van der Waals surface area contributed by atoms with E-state index in [0.717, 1.165) is 22.3 Å². The number of anilines is 1. The molecule has 1 atom stereocenters. The summed E-state index contributed by atoms with van der Waals surface area (Å²) in [7, 11) is 1.55.